The Labute approximate surface area is 595 Å². The van der Waals surface area contributed by atoms with Crippen LogP contribution in [0.2, 0.25) is 0 Å². The second-order valence-electron chi connectivity index (χ2n) is 27.8. The fourth-order valence-corrected chi connectivity index (χ4v) is 15.1. The number of esters is 4. The van der Waals surface area contributed by atoms with E-state index in [1.165, 1.54) is 0 Å². The minimum Gasteiger partial charge on any atom is -0.465 e. The van der Waals surface area contributed by atoms with E-state index in [0.717, 1.165) is 162 Å². The van der Waals surface area contributed by atoms with E-state index >= 15 is 28.8 Å². The van der Waals surface area contributed by atoms with E-state index in [2.05, 4.69) is 38.3 Å². The van der Waals surface area contributed by atoms with Crippen LogP contribution in [-0.4, -0.2) is 62.1 Å². The van der Waals surface area contributed by atoms with E-state index < -0.39 is 83.3 Å². The topological polar surface area (TPSA) is 163 Å². The molecule has 7 aromatic carbocycles. The summed E-state index contributed by atoms with van der Waals surface area (Å²) in [6.45, 7) is 8.81. The average Bonchev–Trinajstić information content (AvgIpc) is 1.52. The van der Waals surface area contributed by atoms with Gasteiger partial charge in [0.1, 0.15) is 11.1 Å². The first kappa shape index (κ1) is 75.6. The third-order valence-electron chi connectivity index (χ3n) is 20.6. The summed E-state index contributed by atoms with van der Waals surface area (Å²) in [4.78, 5) is 97.9. The fourth-order valence-electron chi connectivity index (χ4n) is 15.1. The van der Waals surface area contributed by atoms with Gasteiger partial charge in [-0.15, -0.1) is 0 Å². The van der Waals surface area contributed by atoms with Crippen molar-refractivity contribution in [3.8, 4) is 0 Å². The number of carbonyl (C=O) groups is 6. The van der Waals surface area contributed by atoms with Gasteiger partial charge < -0.3 is 29.6 Å². The molecular weight excluding hydrogens is 1240 g/mol. The smallest absolute Gasteiger partial charge is 0.324 e. The molecular formula is C88H108N2O10. The zero-order valence-corrected chi connectivity index (χ0v) is 60.0. The number of carbonyl (C=O) groups excluding carboxylic acids is 6. The molecule has 530 valence electrons. The lowest BCUT2D eigenvalue weighted by atomic mass is 9.76. The summed E-state index contributed by atoms with van der Waals surface area (Å²) < 4.78 is 25.4. The maximum Gasteiger partial charge on any atom is 0.324 e. The van der Waals surface area contributed by atoms with Crippen LogP contribution in [0, 0.1) is 10.8 Å². The Morgan fingerprint density at radius 2 is 0.460 bits per heavy atom. The van der Waals surface area contributed by atoms with Crippen molar-refractivity contribution < 1.29 is 47.7 Å². The molecule has 0 saturated heterocycles. The number of fused-ring (bicyclic) bond motifs is 2. The Balaban J connectivity index is 1.32. The van der Waals surface area contributed by atoms with Gasteiger partial charge in [0.25, 0.3) is 11.8 Å². The van der Waals surface area contributed by atoms with Crippen LogP contribution in [0.5, 0.6) is 0 Å². The Morgan fingerprint density at radius 3 is 0.650 bits per heavy atom. The predicted octanol–water partition coefficient (Wildman–Crippen LogP) is 18.9. The second-order valence-corrected chi connectivity index (χ2v) is 27.8. The van der Waals surface area contributed by atoms with Gasteiger partial charge in [-0.3, -0.25) is 28.8 Å². The zero-order valence-electron chi connectivity index (χ0n) is 60.0. The van der Waals surface area contributed by atoms with Gasteiger partial charge in [-0.05, 0) is 81.3 Å². The SMILES string of the molecule is CCCCCCCCOC(=O)C1(C(=O)OCCCCCCCC)Cc2c(c(C(=O)NC(c3ccccc3)(c3ccccc3)c3ccccc3)c3c(c2C(=O)NC(c2ccccc2)(c2ccccc2)c2ccccc2)CC(C(=O)OCCCCCCCC)(C(=O)OCCCCCCCC)C3)C1. The molecule has 0 aromatic heterocycles. The van der Waals surface area contributed by atoms with Gasteiger partial charge in [0.2, 0.25) is 0 Å². The van der Waals surface area contributed by atoms with Gasteiger partial charge in [-0.1, -0.05) is 338 Å². The molecule has 7 aromatic rings. The molecule has 12 nitrogen and oxygen atoms in total. The first-order chi connectivity index (χ1) is 48.9. The Morgan fingerprint density at radius 1 is 0.280 bits per heavy atom. The minimum absolute atomic E-state index is 0.0384. The molecule has 0 radical (unpaired) electrons. The summed E-state index contributed by atoms with van der Waals surface area (Å²) in [5.41, 5.74) is -1.67. The monoisotopic (exact) mass is 1350 g/mol. The molecule has 2 aliphatic carbocycles. The highest BCUT2D eigenvalue weighted by Gasteiger charge is 2.60. The van der Waals surface area contributed by atoms with E-state index in [4.69, 9.17) is 18.9 Å². The molecule has 2 amide bonds. The average molecular weight is 1350 g/mol. The van der Waals surface area contributed by atoms with E-state index in [-0.39, 0.29) is 59.8 Å². The number of hydrogen-bond donors (Lipinski definition) is 2. The molecule has 2 N–H and O–H groups in total. The zero-order chi connectivity index (χ0) is 70.5. The Hall–Kier alpha value is -8.64. The van der Waals surface area contributed by atoms with Gasteiger partial charge in [0.05, 0.1) is 26.4 Å². The third-order valence-corrected chi connectivity index (χ3v) is 20.6. The molecule has 0 fully saturated rings. The van der Waals surface area contributed by atoms with Crippen LogP contribution in [-0.2, 0) is 74.9 Å². The van der Waals surface area contributed by atoms with Gasteiger partial charge in [0.15, 0.2) is 10.8 Å². The summed E-state index contributed by atoms with van der Waals surface area (Å²) in [5.74, 6) is -4.50. The largest absolute Gasteiger partial charge is 0.465 e. The van der Waals surface area contributed by atoms with Crippen molar-refractivity contribution in [1.82, 2.24) is 10.6 Å². The Kier molecular flexibility index (Phi) is 28.9. The quantitative estimate of drug-likeness (QED) is 0.0124. The molecule has 0 aliphatic heterocycles. The number of ether oxygens (including phenoxy) is 4. The lowest BCUT2D eigenvalue weighted by Gasteiger charge is -2.38. The lowest BCUT2D eigenvalue weighted by Crippen LogP contribution is -2.49. The summed E-state index contributed by atoms with van der Waals surface area (Å²) in [5, 5.41) is 7.25. The summed E-state index contributed by atoms with van der Waals surface area (Å²) >= 11 is 0. The molecule has 0 unspecified atom stereocenters. The van der Waals surface area contributed by atoms with Crippen LogP contribution in [0.4, 0.5) is 0 Å². The normalized spacial score (nSPS) is 13.6. The molecule has 2 aliphatic rings. The molecule has 0 saturated carbocycles. The predicted molar refractivity (Wildman–Crippen MR) is 397 cm³/mol. The van der Waals surface area contributed by atoms with Crippen LogP contribution >= 0.6 is 0 Å². The summed E-state index contributed by atoms with van der Waals surface area (Å²) in [6, 6.07) is 58.3. The summed E-state index contributed by atoms with van der Waals surface area (Å²) in [7, 11) is 0. The van der Waals surface area contributed by atoms with Gasteiger partial charge in [-0.2, -0.15) is 0 Å². The van der Waals surface area contributed by atoms with Crippen molar-refractivity contribution in [2.24, 2.45) is 10.8 Å². The van der Waals surface area contributed by atoms with E-state index in [1.54, 1.807) is 0 Å². The van der Waals surface area contributed by atoms with Gasteiger partial charge in [-0.25, -0.2) is 0 Å². The highest BCUT2D eigenvalue weighted by molar-refractivity contribution is 6.10. The molecule has 12 heteroatoms. The van der Waals surface area contributed by atoms with Crippen molar-refractivity contribution in [1.29, 1.82) is 0 Å². The number of nitrogens with one attached hydrogen (secondary N) is 2. The molecule has 0 atom stereocenters. The molecule has 9 rings (SSSR count). The first-order valence-electron chi connectivity index (χ1n) is 37.8. The molecule has 0 spiro atoms. The van der Waals surface area contributed by atoms with E-state index in [9.17, 15) is 0 Å². The molecule has 100 heavy (non-hydrogen) atoms. The van der Waals surface area contributed by atoms with Crippen LogP contribution in [0.1, 0.15) is 258 Å². The van der Waals surface area contributed by atoms with Gasteiger partial charge >= 0.3 is 23.9 Å². The number of amides is 2. The molecule has 0 bridgehead atoms. The highest BCUT2D eigenvalue weighted by Crippen LogP contribution is 2.52. The van der Waals surface area contributed by atoms with Crippen molar-refractivity contribution in [3.05, 3.63) is 249 Å². The van der Waals surface area contributed by atoms with Crippen molar-refractivity contribution in [2.75, 3.05) is 26.4 Å². The van der Waals surface area contributed by atoms with Gasteiger partial charge in [0, 0.05) is 36.8 Å². The van der Waals surface area contributed by atoms with Crippen LogP contribution in [0.15, 0.2) is 182 Å². The summed E-state index contributed by atoms with van der Waals surface area (Å²) in [6.07, 6.45) is 20.6. The van der Waals surface area contributed by atoms with Crippen LogP contribution < -0.4 is 10.6 Å². The highest BCUT2D eigenvalue weighted by atomic mass is 16.6. The number of hydrogen-bond acceptors (Lipinski definition) is 10. The maximum absolute atomic E-state index is 17.3. The lowest BCUT2D eigenvalue weighted by molar-refractivity contribution is -0.173. The fraction of sp³-hybridized carbons (Fsp3) is 0.455. The minimum atomic E-state index is -2.10. The number of unbranched alkanes of at least 4 members (excludes halogenated alkanes) is 20. The van der Waals surface area contributed by atoms with Crippen molar-refractivity contribution >= 4 is 35.7 Å². The first-order valence-corrected chi connectivity index (χ1v) is 37.8. The van der Waals surface area contributed by atoms with E-state index in [1.807, 2.05) is 182 Å². The number of rotatable bonds is 42. The molecule has 0 heterocycles. The van der Waals surface area contributed by atoms with Crippen molar-refractivity contribution in [2.45, 2.75) is 219 Å². The second kappa shape index (κ2) is 38.2. The van der Waals surface area contributed by atoms with Crippen LogP contribution in [0.3, 0.4) is 0 Å². The maximum atomic E-state index is 17.3. The number of benzene rings is 7. The Bertz CT molecular complexity index is 3170. The van der Waals surface area contributed by atoms with E-state index in [0.29, 0.717) is 25.7 Å². The van der Waals surface area contributed by atoms with Crippen LogP contribution in [0.25, 0.3) is 0 Å². The third kappa shape index (κ3) is 17.9. The van der Waals surface area contributed by atoms with Crippen molar-refractivity contribution in [3.63, 3.8) is 0 Å². The standard InChI is InChI=1S/C88H108N2O10/c1-5-9-13-17-21-43-59-97-81(93)85(82(94)98-60-44-22-18-14-10-6-2)63-73-74(64-85)78(80(92)90-88(70-53-37-28-38-54-70,71-55-39-29-40-56-71)72-57-41-30-42-58-72)76-66-86(83(95)99-61-45-23-19-15-11-7-3,84(96)100-62-46-24-20-16-12-8-4)65-75(76)77(73)79(91)89-87(67-47-31-25-32-48-67,68-49-33-26-34-50-68)69-51-35-27-36-52-69/h25-42,47-58H,5-24,43-46,59-66H2,1-4H3,(H,89,91)(H,90,92).